The van der Waals surface area contributed by atoms with Crippen molar-refractivity contribution < 1.29 is 14.7 Å². The minimum absolute atomic E-state index is 0.0164. The Balaban J connectivity index is 1.67. The number of thiophene rings is 1. The molecule has 24 heavy (non-hydrogen) atoms. The number of carbonyl (C=O) groups excluding carboxylic acids is 1. The van der Waals surface area contributed by atoms with Crippen LogP contribution in [0.25, 0.3) is 0 Å². The molecule has 2 heterocycles. The van der Waals surface area contributed by atoms with Gasteiger partial charge in [0.25, 0.3) is 5.91 Å². The van der Waals surface area contributed by atoms with E-state index < -0.39 is 5.97 Å². The van der Waals surface area contributed by atoms with Gasteiger partial charge in [-0.15, -0.1) is 11.3 Å². The molecule has 3 rings (SSSR count). The number of aliphatic carboxylic acids is 1. The normalized spacial score (nSPS) is 16.8. The fourth-order valence-corrected chi connectivity index (χ4v) is 4.20. The van der Waals surface area contributed by atoms with Gasteiger partial charge < -0.3 is 10.0 Å². The van der Waals surface area contributed by atoms with E-state index in [2.05, 4.69) is 0 Å². The summed E-state index contributed by atoms with van der Waals surface area (Å²) in [4.78, 5) is 26.4. The van der Waals surface area contributed by atoms with Crippen molar-refractivity contribution in [3.63, 3.8) is 0 Å². The Labute approximate surface area is 145 Å². The highest BCUT2D eigenvalue weighted by molar-refractivity contribution is 7.12. The quantitative estimate of drug-likeness (QED) is 0.897. The molecular formula is C19H21NO3S. The molecule has 2 aromatic rings. The first-order valence-electron chi connectivity index (χ1n) is 8.24. The van der Waals surface area contributed by atoms with Gasteiger partial charge in [-0.05, 0) is 41.7 Å². The van der Waals surface area contributed by atoms with Crippen molar-refractivity contribution in [1.29, 1.82) is 0 Å². The number of carboxylic acids is 1. The lowest BCUT2D eigenvalue weighted by Gasteiger charge is -2.35. The summed E-state index contributed by atoms with van der Waals surface area (Å²) >= 11 is 1.47. The first-order chi connectivity index (χ1) is 11.6. The van der Waals surface area contributed by atoms with Gasteiger partial charge in [0.1, 0.15) is 0 Å². The Bertz CT molecular complexity index is 676. The topological polar surface area (TPSA) is 57.6 Å². The molecule has 126 valence electrons. The SMILES string of the molecule is O=C(O)CC(c1ccccc1)C1CCN(C(=O)c2cccs2)CC1. The van der Waals surface area contributed by atoms with Crippen LogP contribution in [0.2, 0.25) is 0 Å². The zero-order chi connectivity index (χ0) is 16.9. The molecule has 1 aliphatic heterocycles. The van der Waals surface area contributed by atoms with Gasteiger partial charge in [0.2, 0.25) is 0 Å². The van der Waals surface area contributed by atoms with Crippen LogP contribution in [0.15, 0.2) is 47.8 Å². The van der Waals surface area contributed by atoms with Gasteiger partial charge >= 0.3 is 5.97 Å². The molecule has 1 unspecified atom stereocenters. The molecule has 1 aromatic carbocycles. The molecule has 0 spiro atoms. The minimum Gasteiger partial charge on any atom is -0.481 e. The van der Waals surface area contributed by atoms with Crippen molar-refractivity contribution in [2.45, 2.75) is 25.2 Å². The average molecular weight is 343 g/mol. The van der Waals surface area contributed by atoms with Crippen molar-refractivity contribution in [3.8, 4) is 0 Å². The fraction of sp³-hybridized carbons (Fsp3) is 0.368. The van der Waals surface area contributed by atoms with Crippen molar-refractivity contribution in [3.05, 3.63) is 58.3 Å². The summed E-state index contributed by atoms with van der Waals surface area (Å²) in [5, 5.41) is 11.2. The van der Waals surface area contributed by atoms with Crippen LogP contribution in [0.5, 0.6) is 0 Å². The third-order valence-corrected chi connectivity index (χ3v) is 5.61. The summed E-state index contributed by atoms with van der Waals surface area (Å²) in [7, 11) is 0. The van der Waals surface area contributed by atoms with Crippen LogP contribution >= 0.6 is 11.3 Å². The average Bonchev–Trinajstić information content (AvgIpc) is 3.14. The lowest BCUT2D eigenvalue weighted by atomic mass is 9.78. The van der Waals surface area contributed by atoms with E-state index >= 15 is 0 Å². The zero-order valence-corrected chi connectivity index (χ0v) is 14.2. The number of benzene rings is 1. The largest absolute Gasteiger partial charge is 0.481 e. The maximum absolute atomic E-state index is 12.4. The van der Waals surface area contributed by atoms with Crippen molar-refractivity contribution >= 4 is 23.2 Å². The highest BCUT2D eigenvalue weighted by atomic mass is 32.1. The van der Waals surface area contributed by atoms with E-state index in [9.17, 15) is 14.7 Å². The molecule has 1 aliphatic rings. The molecule has 0 saturated carbocycles. The fourth-order valence-electron chi connectivity index (χ4n) is 3.51. The Kier molecular flexibility index (Phi) is 5.30. The van der Waals surface area contributed by atoms with E-state index in [0.717, 1.165) is 23.3 Å². The highest BCUT2D eigenvalue weighted by Gasteiger charge is 2.31. The van der Waals surface area contributed by atoms with Crippen LogP contribution < -0.4 is 0 Å². The standard InChI is InChI=1S/C19H21NO3S/c21-18(22)13-16(14-5-2-1-3-6-14)15-8-10-20(11-9-15)19(23)17-7-4-12-24-17/h1-7,12,15-16H,8-11,13H2,(H,21,22). The number of likely N-dealkylation sites (tertiary alicyclic amines) is 1. The van der Waals surface area contributed by atoms with Crippen LogP contribution in [0.1, 0.15) is 40.4 Å². The summed E-state index contributed by atoms with van der Waals surface area (Å²) in [6.07, 6.45) is 1.85. The molecule has 1 atom stereocenters. The predicted octanol–water partition coefficient (Wildman–Crippen LogP) is 3.86. The van der Waals surface area contributed by atoms with E-state index in [1.54, 1.807) is 0 Å². The van der Waals surface area contributed by atoms with Crippen LogP contribution in [0.3, 0.4) is 0 Å². The van der Waals surface area contributed by atoms with Crippen LogP contribution in [0.4, 0.5) is 0 Å². The van der Waals surface area contributed by atoms with Crippen molar-refractivity contribution in [2.24, 2.45) is 5.92 Å². The number of carbonyl (C=O) groups is 2. The molecule has 5 heteroatoms. The van der Waals surface area contributed by atoms with E-state index in [0.29, 0.717) is 19.0 Å². The Hall–Kier alpha value is -2.14. The molecule has 1 saturated heterocycles. The number of amides is 1. The monoisotopic (exact) mass is 343 g/mol. The summed E-state index contributed by atoms with van der Waals surface area (Å²) in [6.45, 7) is 1.40. The number of carboxylic acid groups (broad SMARTS) is 1. The van der Waals surface area contributed by atoms with Gasteiger partial charge in [-0.2, -0.15) is 0 Å². The molecule has 1 fully saturated rings. The number of hydrogen-bond acceptors (Lipinski definition) is 3. The van der Waals surface area contributed by atoms with Gasteiger partial charge in [0.15, 0.2) is 0 Å². The Morgan fingerprint density at radius 2 is 1.83 bits per heavy atom. The smallest absolute Gasteiger partial charge is 0.303 e. The van der Waals surface area contributed by atoms with Crippen molar-refractivity contribution in [1.82, 2.24) is 4.90 Å². The van der Waals surface area contributed by atoms with Crippen LogP contribution in [-0.4, -0.2) is 35.0 Å². The third-order valence-electron chi connectivity index (χ3n) is 4.75. The predicted molar refractivity (Wildman–Crippen MR) is 94.4 cm³/mol. The second-order valence-corrected chi connectivity index (χ2v) is 7.17. The van der Waals surface area contributed by atoms with E-state index in [1.807, 2.05) is 52.7 Å². The minimum atomic E-state index is -0.763. The summed E-state index contributed by atoms with van der Waals surface area (Å²) in [5.41, 5.74) is 1.09. The maximum atomic E-state index is 12.4. The number of piperidine rings is 1. The Morgan fingerprint density at radius 3 is 2.42 bits per heavy atom. The van der Waals surface area contributed by atoms with Gasteiger partial charge in [0, 0.05) is 13.1 Å². The third kappa shape index (κ3) is 3.85. The molecule has 1 N–H and O–H groups in total. The first kappa shape index (κ1) is 16.7. The first-order valence-corrected chi connectivity index (χ1v) is 9.12. The lowest BCUT2D eigenvalue weighted by molar-refractivity contribution is -0.137. The summed E-state index contributed by atoms with van der Waals surface area (Å²) in [5.74, 6) is -0.350. The molecule has 0 bridgehead atoms. The van der Waals surface area contributed by atoms with Crippen LogP contribution in [0, 0.1) is 5.92 Å². The molecule has 1 amide bonds. The lowest BCUT2D eigenvalue weighted by Crippen LogP contribution is -2.39. The number of rotatable bonds is 5. The van der Waals surface area contributed by atoms with E-state index in [4.69, 9.17) is 0 Å². The summed E-state index contributed by atoms with van der Waals surface area (Å²) in [6, 6.07) is 13.6. The van der Waals surface area contributed by atoms with Gasteiger partial charge in [-0.3, -0.25) is 9.59 Å². The van der Waals surface area contributed by atoms with Gasteiger partial charge in [-0.25, -0.2) is 0 Å². The molecule has 4 nitrogen and oxygen atoms in total. The molecule has 0 radical (unpaired) electrons. The van der Waals surface area contributed by atoms with Crippen LogP contribution in [-0.2, 0) is 4.79 Å². The summed E-state index contributed by atoms with van der Waals surface area (Å²) < 4.78 is 0. The van der Waals surface area contributed by atoms with E-state index in [1.165, 1.54) is 11.3 Å². The molecule has 1 aromatic heterocycles. The number of nitrogens with zero attached hydrogens (tertiary/aromatic N) is 1. The Morgan fingerprint density at radius 1 is 1.12 bits per heavy atom. The second kappa shape index (κ2) is 7.62. The zero-order valence-electron chi connectivity index (χ0n) is 13.4. The molecular weight excluding hydrogens is 322 g/mol. The highest BCUT2D eigenvalue weighted by Crippen LogP contribution is 2.35. The van der Waals surface area contributed by atoms with Gasteiger partial charge in [-0.1, -0.05) is 36.4 Å². The maximum Gasteiger partial charge on any atom is 0.303 e. The molecule has 0 aliphatic carbocycles. The van der Waals surface area contributed by atoms with Gasteiger partial charge in [0.05, 0.1) is 11.3 Å². The number of hydrogen-bond donors (Lipinski definition) is 1. The van der Waals surface area contributed by atoms with Crippen molar-refractivity contribution in [2.75, 3.05) is 13.1 Å². The second-order valence-electron chi connectivity index (χ2n) is 6.22. The van der Waals surface area contributed by atoms with E-state index in [-0.39, 0.29) is 18.2 Å².